The highest BCUT2D eigenvalue weighted by molar-refractivity contribution is 5.90. The lowest BCUT2D eigenvalue weighted by atomic mass is 10.1. The van der Waals surface area contributed by atoms with Crippen molar-refractivity contribution >= 4 is 16.5 Å². The van der Waals surface area contributed by atoms with Gasteiger partial charge < -0.3 is 4.74 Å². The van der Waals surface area contributed by atoms with Crippen LogP contribution < -0.4 is 0 Å². The van der Waals surface area contributed by atoms with Gasteiger partial charge in [-0.25, -0.2) is 0 Å². The van der Waals surface area contributed by atoms with E-state index in [0.29, 0.717) is 24.3 Å². The molecule has 18 heavy (non-hydrogen) atoms. The van der Waals surface area contributed by atoms with Crippen LogP contribution in [0.4, 0.5) is 5.69 Å². The maximum absolute atomic E-state index is 10.9. The summed E-state index contributed by atoms with van der Waals surface area (Å²) in [6.07, 6.45) is 2.58. The van der Waals surface area contributed by atoms with E-state index in [2.05, 4.69) is 4.98 Å². The first kappa shape index (κ1) is 12.4. The lowest BCUT2D eigenvalue weighted by Gasteiger charge is -2.04. The molecule has 0 atom stereocenters. The van der Waals surface area contributed by atoms with Gasteiger partial charge in [0.1, 0.15) is 0 Å². The van der Waals surface area contributed by atoms with Crippen LogP contribution in [-0.4, -0.2) is 16.5 Å². The zero-order chi connectivity index (χ0) is 13.0. The van der Waals surface area contributed by atoms with E-state index in [-0.39, 0.29) is 10.6 Å². The Morgan fingerprint density at radius 3 is 3.00 bits per heavy atom. The van der Waals surface area contributed by atoms with Crippen LogP contribution >= 0.6 is 0 Å². The highest BCUT2D eigenvalue weighted by atomic mass is 16.6. The van der Waals surface area contributed by atoms with Crippen molar-refractivity contribution in [1.82, 2.24) is 4.98 Å². The Morgan fingerprint density at radius 2 is 2.28 bits per heavy atom. The fourth-order valence-corrected chi connectivity index (χ4v) is 1.76. The number of hydrogen-bond donors (Lipinski definition) is 0. The van der Waals surface area contributed by atoms with Gasteiger partial charge in [-0.1, -0.05) is 19.1 Å². The Morgan fingerprint density at radius 1 is 1.44 bits per heavy atom. The first-order chi connectivity index (χ1) is 8.72. The summed E-state index contributed by atoms with van der Waals surface area (Å²) < 4.78 is 5.39. The smallest absolute Gasteiger partial charge is 0.277 e. The zero-order valence-electron chi connectivity index (χ0n) is 10.1. The number of hydrogen-bond acceptors (Lipinski definition) is 4. The SMILES string of the molecule is CCCOCc1cc2c([N+](=O)[O-])cccc2cn1. The van der Waals surface area contributed by atoms with Gasteiger partial charge in [0.2, 0.25) is 0 Å². The summed E-state index contributed by atoms with van der Waals surface area (Å²) in [6.45, 7) is 3.07. The van der Waals surface area contributed by atoms with Crippen LogP contribution in [-0.2, 0) is 11.3 Å². The predicted molar refractivity (Wildman–Crippen MR) is 68.3 cm³/mol. The van der Waals surface area contributed by atoms with E-state index in [4.69, 9.17) is 4.74 Å². The Kier molecular flexibility index (Phi) is 3.84. The van der Waals surface area contributed by atoms with Gasteiger partial charge in [-0.2, -0.15) is 0 Å². The van der Waals surface area contributed by atoms with Gasteiger partial charge in [0.25, 0.3) is 5.69 Å². The molecule has 0 saturated heterocycles. The Hall–Kier alpha value is -2.01. The van der Waals surface area contributed by atoms with Crippen molar-refractivity contribution in [3.63, 3.8) is 0 Å². The maximum atomic E-state index is 10.9. The quantitative estimate of drug-likeness (QED) is 0.462. The zero-order valence-corrected chi connectivity index (χ0v) is 10.1. The number of benzene rings is 1. The molecule has 0 fully saturated rings. The number of non-ortho nitro benzene ring substituents is 1. The Labute approximate surface area is 105 Å². The summed E-state index contributed by atoms with van der Waals surface area (Å²) in [7, 11) is 0. The molecule has 0 radical (unpaired) electrons. The highest BCUT2D eigenvalue weighted by Gasteiger charge is 2.11. The molecule has 1 aromatic heterocycles. The molecule has 0 amide bonds. The lowest BCUT2D eigenvalue weighted by molar-refractivity contribution is -0.383. The third-order valence-electron chi connectivity index (χ3n) is 2.59. The summed E-state index contributed by atoms with van der Waals surface area (Å²) in [6, 6.07) is 6.70. The standard InChI is InChI=1S/C13H14N2O3/c1-2-6-18-9-11-7-12-10(8-14-11)4-3-5-13(12)15(16)17/h3-5,7-8H,2,6,9H2,1H3. The Balaban J connectivity index is 2.36. The first-order valence-corrected chi connectivity index (χ1v) is 5.82. The number of ether oxygens (including phenoxy) is 1. The molecule has 0 spiro atoms. The first-order valence-electron chi connectivity index (χ1n) is 5.82. The van der Waals surface area contributed by atoms with Crippen LogP contribution in [0.3, 0.4) is 0 Å². The third-order valence-corrected chi connectivity index (χ3v) is 2.59. The number of nitro benzene ring substituents is 1. The van der Waals surface area contributed by atoms with E-state index in [1.165, 1.54) is 6.07 Å². The average Bonchev–Trinajstić information content (AvgIpc) is 2.38. The fourth-order valence-electron chi connectivity index (χ4n) is 1.76. The van der Waals surface area contributed by atoms with Crippen LogP contribution in [0, 0.1) is 10.1 Å². The van der Waals surface area contributed by atoms with Gasteiger partial charge in [-0.15, -0.1) is 0 Å². The molecule has 2 rings (SSSR count). The number of nitro groups is 1. The normalized spacial score (nSPS) is 10.7. The molecule has 0 aliphatic carbocycles. The molecule has 5 nitrogen and oxygen atoms in total. The van der Waals surface area contributed by atoms with Gasteiger partial charge in [0.15, 0.2) is 0 Å². The molecule has 0 N–H and O–H groups in total. The summed E-state index contributed by atoms with van der Waals surface area (Å²) >= 11 is 0. The minimum absolute atomic E-state index is 0.103. The summed E-state index contributed by atoms with van der Waals surface area (Å²) in [5, 5.41) is 12.3. The second kappa shape index (κ2) is 5.55. The van der Waals surface area contributed by atoms with Crippen LogP contribution in [0.1, 0.15) is 19.0 Å². The molecule has 0 saturated carbocycles. The van der Waals surface area contributed by atoms with E-state index in [0.717, 1.165) is 11.8 Å². The van der Waals surface area contributed by atoms with Gasteiger partial charge in [-0.05, 0) is 12.5 Å². The number of nitrogens with zero attached hydrogens (tertiary/aromatic N) is 2. The third kappa shape index (κ3) is 2.62. The number of pyridine rings is 1. The number of aromatic nitrogens is 1. The summed E-state index contributed by atoms with van der Waals surface area (Å²) in [5.41, 5.74) is 0.817. The molecule has 0 aliphatic rings. The largest absolute Gasteiger partial charge is 0.375 e. The molecule has 0 aliphatic heterocycles. The minimum Gasteiger partial charge on any atom is -0.375 e. The van der Waals surface area contributed by atoms with Gasteiger partial charge in [-0.3, -0.25) is 15.1 Å². The number of rotatable bonds is 5. The number of fused-ring (bicyclic) bond motifs is 1. The van der Waals surface area contributed by atoms with Crippen molar-refractivity contribution in [2.75, 3.05) is 6.61 Å². The van der Waals surface area contributed by atoms with Crippen molar-refractivity contribution in [2.24, 2.45) is 0 Å². The fraction of sp³-hybridized carbons (Fsp3) is 0.308. The second-order valence-corrected chi connectivity index (χ2v) is 3.98. The van der Waals surface area contributed by atoms with E-state index >= 15 is 0 Å². The van der Waals surface area contributed by atoms with Crippen LogP contribution in [0.25, 0.3) is 10.8 Å². The molecule has 2 aromatic rings. The van der Waals surface area contributed by atoms with Crippen molar-refractivity contribution in [1.29, 1.82) is 0 Å². The van der Waals surface area contributed by atoms with Crippen molar-refractivity contribution in [3.8, 4) is 0 Å². The second-order valence-electron chi connectivity index (χ2n) is 3.98. The topological polar surface area (TPSA) is 65.3 Å². The average molecular weight is 246 g/mol. The van der Waals surface area contributed by atoms with Gasteiger partial charge >= 0.3 is 0 Å². The summed E-state index contributed by atoms with van der Waals surface area (Å²) in [4.78, 5) is 14.8. The highest BCUT2D eigenvalue weighted by Crippen LogP contribution is 2.25. The Bertz CT molecular complexity index is 569. The van der Waals surface area contributed by atoms with Crippen molar-refractivity contribution in [2.45, 2.75) is 20.0 Å². The van der Waals surface area contributed by atoms with Crippen molar-refractivity contribution < 1.29 is 9.66 Å². The molecule has 94 valence electrons. The molecule has 5 heteroatoms. The monoisotopic (exact) mass is 246 g/mol. The van der Waals surface area contributed by atoms with E-state index in [1.807, 2.05) is 13.0 Å². The molecule has 0 bridgehead atoms. The van der Waals surface area contributed by atoms with E-state index < -0.39 is 0 Å². The van der Waals surface area contributed by atoms with Crippen molar-refractivity contribution in [3.05, 3.63) is 46.3 Å². The van der Waals surface area contributed by atoms with Gasteiger partial charge in [0.05, 0.1) is 22.6 Å². The van der Waals surface area contributed by atoms with E-state index in [9.17, 15) is 10.1 Å². The molecule has 1 heterocycles. The van der Waals surface area contributed by atoms with Gasteiger partial charge in [0, 0.05) is 24.3 Å². The minimum atomic E-state index is -0.376. The van der Waals surface area contributed by atoms with Crippen LogP contribution in [0.5, 0.6) is 0 Å². The maximum Gasteiger partial charge on any atom is 0.277 e. The molecular formula is C13H14N2O3. The molecule has 1 aromatic carbocycles. The molecular weight excluding hydrogens is 232 g/mol. The summed E-state index contributed by atoms with van der Waals surface area (Å²) in [5.74, 6) is 0. The lowest BCUT2D eigenvalue weighted by Crippen LogP contribution is -1.97. The predicted octanol–water partition coefficient (Wildman–Crippen LogP) is 3.07. The van der Waals surface area contributed by atoms with Crippen LogP contribution in [0.15, 0.2) is 30.5 Å². The van der Waals surface area contributed by atoms with Crippen LogP contribution in [0.2, 0.25) is 0 Å². The van der Waals surface area contributed by atoms with E-state index in [1.54, 1.807) is 18.3 Å². The molecule has 0 unspecified atom stereocenters.